The molecule has 2 amide bonds. The number of aryl methyl sites for hydroxylation is 3. The number of benzene rings is 1. The van der Waals surface area contributed by atoms with E-state index in [-0.39, 0.29) is 24.0 Å². The number of hydrogen-bond donors (Lipinski definition) is 2. The summed E-state index contributed by atoms with van der Waals surface area (Å²) >= 11 is 1.09. The molecule has 9 heteroatoms. The molecule has 1 aromatic carbocycles. The highest BCUT2D eigenvalue weighted by molar-refractivity contribution is 8.00. The van der Waals surface area contributed by atoms with Crippen LogP contribution in [0.2, 0.25) is 0 Å². The summed E-state index contributed by atoms with van der Waals surface area (Å²) < 4.78 is 9.85. The maximum absolute atomic E-state index is 12.2. The van der Waals surface area contributed by atoms with Crippen molar-refractivity contribution in [1.82, 2.24) is 5.16 Å². The highest BCUT2D eigenvalue weighted by Gasteiger charge is 2.13. The summed E-state index contributed by atoms with van der Waals surface area (Å²) in [5, 5.41) is 9.05. The second kappa shape index (κ2) is 11.3. The zero-order valence-corrected chi connectivity index (χ0v) is 17.6. The number of para-hydroxylation sites is 1. The quantitative estimate of drug-likeness (QED) is 0.570. The van der Waals surface area contributed by atoms with E-state index in [0.717, 1.165) is 41.4 Å². The third kappa shape index (κ3) is 7.26. The SMILES string of the molecule is CCc1cccc(CC)c1NC(=O)COC(=O)CSCC(=O)Nc1cc(C)on1. The molecule has 0 atom stereocenters. The number of aromatic nitrogens is 1. The first-order valence-corrected chi connectivity index (χ1v) is 10.5. The van der Waals surface area contributed by atoms with Crippen LogP contribution in [-0.2, 0) is 32.0 Å². The van der Waals surface area contributed by atoms with Crippen LogP contribution in [0, 0.1) is 6.92 Å². The first-order chi connectivity index (χ1) is 13.9. The molecule has 2 aromatic rings. The van der Waals surface area contributed by atoms with Crippen LogP contribution in [-0.4, -0.2) is 41.1 Å². The van der Waals surface area contributed by atoms with Crippen LogP contribution in [0.5, 0.6) is 0 Å². The molecule has 0 saturated heterocycles. The zero-order valence-electron chi connectivity index (χ0n) is 16.7. The van der Waals surface area contributed by atoms with Gasteiger partial charge in [-0.2, -0.15) is 0 Å². The number of nitrogens with zero attached hydrogens (tertiary/aromatic N) is 1. The van der Waals surface area contributed by atoms with E-state index in [0.29, 0.717) is 11.6 Å². The molecule has 29 heavy (non-hydrogen) atoms. The van der Waals surface area contributed by atoms with E-state index < -0.39 is 11.9 Å². The van der Waals surface area contributed by atoms with E-state index in [9.17, 15) is 14.4 Å². The van der Waals surface area contributed by atoms with E-state index in [2.05, 4.69) is 15.8 Å². The molecule has 2 rings (SSSR count). The van der Waals surface area contributed by atoms with Crippen LogP contribution in [0.1, 0.15) is 30.7 Å². The summed E-state index contributed by atoms with van der Waals surface area (Å²) in [6.45, 7) is 5.38. The number of rotatable bonds is 10. The van der Waals surface area contributed by atoms with Crippen molar-refractivity contribution in [2.45, 2.75) is 33.6 Å². The Balaban J connectivity index is 1.71. The molecule has 0 fully saturated rings. The minimum atomic E-state index is -0.560. The van der Waals surface area contributed by atoms with Crippen molar-refractivity contribution < 1.29 is 23.6 Å². The largest absolute Gasteiger partial charge is 0.455 e. The molecule has 0 bridgehead atoms. The number of amides is 2. The number of carbonyl (C=O) groups excluding carboxylic acids is 3. The number of ether oxygens (including phenoxy) is 1. The van der Waals surface area contributed by atoms with Crippen LogP contribution >= 0.6 is 11.8 Å². The number of esters is 1. The van der Waals surface area contributed by atoms with Gasteiger partial charge in [0.25, 0.3) is 5.91 Å². The van der Waals surface area contributed by atoms with Crippen LogP contribution < -0.4 is 10.6 Å². The Morgan fingerprint density at radius 3 is 2.34 bits per heavy atom. The Morgan fingerprint density at radius 1 is 1.07 bits per heavy atom. The summed E-state index contributed by atoms with van der Waals surface area (Å²) in [6.07, 6.45) is 1.58. The topological polar surface area (TPSA) is 111 Å². The average molecular weight is 420 g/mol. The van der Waals surface area contributed by atoms with Crippen molar-refractivity contribution in [3.63, 3.8) is 0 Å². The molecule has 0 saturated carbocycles. The van der Waals surface area contributed by atoms with Gasteiger partial charge < -0.3 is 19.9 Å². The molecule has 0 aliphatic carbocycles. The van der Waals surface area contributed by atoms with Crippen LogP contribution in [0.4, 0.5) is 11.5 Å². The normalized spacial score (nSPS) is 10.4. The minimum absolute atomic E-state index is 0.0374. The number of carbonyl (C=O) groups is 3. The van der Waals surface area contributed by atoms with Crippen molar-refractivity contribution in [2.24, 2.45) is 0 Å². The lowest BCUT2D eigenvalue weighted by molar-refractivity contribution is -0.144. The molecule has 1 heterocycles. The fourth-order valence-electron chi connectivity index (χ4n) is 2.60. The molecule has 8 nitrogen and oxygen atoms in total. The molecule has 0 radical (unpaired) electrons. The van der Waals surface area contributed by atoms with Crippen molar-refractivity contribution in [3.8, 4) is 0 Å². The van der Waals surface area contributed by atoms with E-state index in [1.165, 1.54) is 0 Å². The molecule has 0 spiro atoms. The number of nitrogens with one attached hydrogen (secondary N) is 2. The third-order valence-corrected chi connectivity index (χ3v) is 4.88. The summed E-state index contributed by atoms with van der Waals surface area (Å²) in [7, 11) is 0. The lowest BCUT2D eigenvalue weighted by Gasteiger charge is -2.14. The first kappa shape index (κ1) is 22.5. The van der Waals surface area contributed by atoms with Crippen molar-refractivity contribution in [2.75, 3.05) is 28.7 Å². The Hall–Kier alpha value is -2.81. The van der Waals surface area contributed by atoms with Crippen LogP contribution in [0.3, 0.4) is 0 Å². The summed E-state index contributed by atoms with van der Waals surface area (Å²) in [4.78, 5) is 35.7. The van der Waals surface area contributed by atoms with Crippen LogP contribution in [0.15, 0.2) is 28.8 Å². The van der Waals surface area contributed by atoms with E-state index >= 15 is 0 Å². The molecule has 1 aromatic heterocycles. The lowest BCUT2D eigenvalue weighted by Crippen LogP contribution is -2.23. The molecule has 156 valence electrons. The molecular weight excluding hydrogens is 394 g/mol. The highest BCUT2D eigenvalue weighted by Crippen LogP contribution is 2.22. The van der Waals surface area contributed by atoms with Crippen molar-refractivity contribution >= 4 is 41.1 Å². The average Bonchev–Trinajstić information content (AvgIpc) is 3.11. The highest BCUT2D eigenvalue weighted by atomic mass is 32.2. The van der Waals surface area contributed by atoms with Gasteiger partial charge in [-0.25, -0.2) is 0 Å². The van der Waals surface area contributed by atoms with Gasteiger partial charge in [0.2, 0.25) is 5.91 Å². The predicted molar refractivity (Wildman–Crippen MR) is 112 cm³/mol. The Morgan fingerprint density at radius 2 is 1.76 bits per heavy atom. The number of hydrogen-bond acceptors (Lipinski definition) is 7. The van der Waals surface area contributed by atoms with Crippen LogP contribution in [0.25, 0.3) is 0 Å². The first-order valence-electron chi connectivity index (χ1n) is 9.30. The van der Waals surface area contributed by atoms with Crippen molar-refractivity contribution in [3.05, 3.63) is 41.2 Å². The monoisotopic (exact) mass is 419 g/mol. The maximum atomic E-state index is 12.2. The van der Waals surface area contributed by atoms with E-state index in [1.807, 2.05) is 32.0 Å². The predicted octanol–water partition coefficient (Wildman–Crippen LogP) is 2.96. The van der Waals surface area contributed by atoms with Gasteiger partial charge in [0.15, 0.2) is 12.4 Å². The fourth-order valence-corrected chi connectivity index (χ4v) is 3.21. The standard InChI is InChI=1S/C20H25N3O5S/c1-4-14-7-6-8-15(5-2)20(14)22-17(24)10-27-19(26)12-29-11-18(25)21-16-9-13(3)28-23-16/h6-9H,4-5,10-12H2,1-3H3,(H,22,24)(H,21,23,25). The van der Waals surface area contributed by atoms with Gasteiger partial charge in [-0.05, 0) is 30.9 Å². The number of anilines is 2. The van der Waals surface area contributed by atoms with Gasteiger partial charge >= 0.3 is 5.97 Å². The molecule has 2 N–H and O–H groups in total. The van der Waals surface area contributed by atoms with Gasteiger partial charge in [-0.3, -0.25) is 14.4 Å². The third-order valence-electron chi connectivity index (χ3n) is 3.98. The number of thioether (sulfide) groups is 1. The summed E-state index contributed by atoms with van der Waals surface area (Å²) in [6, 6.07) is 7.48. The summed E-state index contributed by atoms with van der Waals surface area (Å²) in [5.41, 5.74) is 2.86. The zero-order chi connectivity index (χ0) is 21.2. The molecule has 0 aliphatic heterocycles. The van der Waals surface area contributed by atoms with Gasteiger partial charge in [0, 0.05) is 11.8 Å². The second-order valence-corrected chi connectivity index (χ2v) is 7.22. The van der Waals surface area contributed by atoms with Gasteiger partial charge in [-0.1, -0.05) is 37.2 Å². The Bertz CT molecular complexity index is 843. The van der Waals surface area contributed by atoms with E-state index in [1.54, 1.807) is 13.0 Å². The minimum Gasteiger partial charge on any atom is -0.455 e. The van der Waals surface area contributed by atoms with Gasteiger partial charge in [-0.15, -0.1) is 11.8 Å². The van der Waals surface area contributed by atoms with Gasteiger partial charge in [0.1, 0.15) is 5.76 Å². The lowest BCUT2D eigenvalue weighted by atomic mass is 10.0. The molecule has 0 aliphatic rings. The Kier molecular flexibility index (Phi) is 8.72. The fraction of sp³-hybridized carbons (Fsp3) is 0.400. The van der Waals surface area contributed by atoms with E-state index in [4.69, 9.17) is 9.26 Å². The Labute approximate surface area is 173 Å². The van der Waals surface area contributed by atoms with Crippen molar-refractivity contribution in [1.29, 1.82) is 0 Å². The maximum Gasteiger partial charge on any atom is 0.316 e. The second-order valence-electron chi connectivity index (χ2n) is 6.23. The molecular formula is C20H25N3O5S. The summed E-state index contributed by atoms with van der Waals surface area (Å²) in [5.74, 6) is -0.333. The molecule has 0 unspecified atom stereocenters. The van der Waals surface area contributed by atoms with Gasteiger partial charge in [0.05, 0.1) is 11.5 Å². The smallest absolute Gasteiger partial charge is 0.316 e.